The minimum Gasteiger partial charge on any atom is -0.382 e. The largest absolute Gasteiger partial charge is 0.382 e. The Morgan fingerprint density at radius 3 is 2.60 bits per heavy atom. The van der Waals surface area contributed by atoms with Gasteiger partial charge >= 0.3 is 6.08 Å². The lowest BCUT2D eigenvalue weighted by Gasteiger charge is -2.20. The monoisotopic (exact) mass is 493 g/mol. The topological polar surface area (TPSA) is 94.5 Å². The summed E-state index contributed by atoms with van der Waals surface area (Å²) < 4.78 is 16.1. The van der Waals surface area contributed by atoms with Crippen molar-refractivity contribution in [2.75, 3.05) is 12.3 Å². The number of nitrogens with two attached hydrogens (primary N) is 1. The highest BCUT2D eigenvalue weighted by Gasteiger charge is 2.22. The van der Waals surface area contributed by atoms with Gasteiger partial charge in [-0.1, -0.05) is 6.07 Å². The molecule has 0 spiro atoms. The Hall–Kier alpha value is -2.91. The molecule has 35 heavy (non-hydrogen) atoms. The van der Waals surface area contributed by atoms with Crippen LogP contribution in [0.4, 0.5) is 10.2 Å². The second-order valence-electron chi connectivity index (χ2n) is 10.4. The molecule has 0 fully saturated rings. The third-order valence-corrected chi connectivity index (χ3v) is 7.40. The van der Waals surface area contributed by atoms with Crippen LogP contribution < -0.4 is 11.1 Å². The molecule has 0 unspecified atom stereocenters. The van der Waals surface area contributed by atoms with Crippen LogP contribution in [-0.2, 0) is 25.8 Å². The number of hydrogen-bond acceptors (Lipinski definition) is 7. The number of nitrogens with zero attached hydrogens (tertiary/aromatic N) is 5. The van der Waals surface area contributed by atoms with Gasteiger partial charge in [0.05, 0.1) is 0 Å². The highest BCUT2D eigenvalue weighted by Crippen LogP contribution is 2.35. The third-order valence-electron chi connectivity index (χ3n) is 6.40. The lowest BCUT2D eigenvalue weighted by atomic mass is 9.97. The van der Waals surface area contributed by atoms with Crippen LogP contribution in [0.3, 0.4) is 0 Å². The fraction of sp³-hybridized carbons (Fsp3) is 0.462. The molecule has 3 aromatic heterocycles. The first kappa shape index (κ1) is 23.8. The van der Waals surface area contributed by atoms with E-state index in [1.54, 1.807) is 11.3 Å². The van der Waals surface area contributed by atoms with Crippen molar-refractivity contribution in [3.8, 4) is 10.6 Å². The predicted octanol–water partition coefficient (Wildman–Crippen LogP) is 4.84. The number of aromatic nitrogens is 5. The molecule has 0 amide bonds. The highest BCUT2D eigenvalue weighted by molar-refractivity contribution is 7.13. The first-order chi connectivity index (χ1) is 16.7. The molecule has 0 atom stereocenters. The molecule has 1 aliphatic carbocycles. The second-order valence-corrected chi connectivity index (χ2v) is 11.2. The van der Waals surface area contributed by atoms with Gasteiger partial charge in [-0.2, -0.15) is 14.4 Å². The molecule has 184 valence electrons. The molecule has 0 saturated heterocycles. The number of rotatable bonds is 7. The van der Waals surface area contributed by atoms with Gasteiger partial charge in [-0.25, -0.2) is 9.97 Å². The Labute approximate surface area is 209 Å². The summed E-state index contributed by atoms with van der Waals surface area (Å²) in [4.78, 5) is 17.4. The van der Waals surface area contributed by atoms with Gasteiger partial charge in [-0.05, 0) is 82.7 Å². The third kappa shape index (κ3) is 5.06. The minimum atomic E-state index is -0.827. The molecule has 3 N–H and O–H groups in total. The van der Waals surface area contributed by atoms with Crippen molar-refractivity contribution < 1.29 is 4.39 Å². The smallest absolute Gasteiger partial charge is 0.312 e. The van der Waals surface area contributed by atoms with Gasteiger partial charge in [0, 0.05) is 35.1 Å². The SMILES string of the molecule is Cc1csc(-c2cc3c(cc2Cc2nc4c(N)nc(F)nc4n2CCCNC(C)(C)C)CCC3)n1. The molecule has 4 aromatic rings. The Kier molecular flexibility index (Phi) is 6.31. The maximum atomic E-state index is 14.1. The predicted molar refractivity (Wildman–Crippen MR) is 139 cm³/mol. The molecular weight excluding hydrogens is 461 g/mol. The van der Waals surface area contributed by atoms with Crippen molar-refractivity contribution in [3.05, 3.63) is 51.8 Å². The maximum Gasteiger partial charge on any atom is 0.312 e. The maximum absolute atomic E-state index is 14.1. The second kappa shape index (κ2) is 9.28. The van der Waals surface area contributed by atoms with Crippen molar-refractivity contribution in [1.82, 2.24) is 29.8 Å². The highest BCUT2D eigenvalue weighted by atomic mass is 32.1. The molecule has 0 saturated carbocycles. The average molecular weight is 494 g/mol. The van der Waals surface area contributed by atoms with E-state index in [-0.39, 0.29) is 11.4 Å². The summed E-state index contributed by atoms with van der Waals surface area (Å²) in [6.07, 6.45) is 4.00. The summed E-state index contributed by atoms with van der Waals surface area (Å²) >= 11 is 1.67. The Morgan fingerprint density at radius 1 is 1.11 bits per heavy atom. The number of hydrogen-bond donors (Lipinski definition) is 2. The van der Waals surface area contributed by atoms with Gasteiger partial charge in [0.1, 0.15) is 10.8 Å². The molecule has 9 heteroatoms. The van der Waals surface area contributed by atoms with Gasteiger partial charge in [-0.15, -0.1) is 11.3 Å². The van der Waals surface area contributed by atoms with Gasteiger partial charge in [-0.3, -0.25) is 0 Å². The quantitative estimate of drug-likeness (QED) is 0.283. The van der Waals surface area contributed by atoms with Crippen LogP contribution in [0.15, 0.2) is 17.5 Å². The summed E-state index contributed by atoms with van der Waals surface area (Å²) in [6.45, 7) is 9.93. The summed E-state index contributed by atoms with van der Waals surface area (Å²) in [6, 6.07) is 4.62. The van der Waals surface area contributed by atoms with E-state index >= 15 is 0 Å². The number of nitrogens with one attached hydrogen (secondary N) is 1. The van der Waals surface area contributed by atoms with Crippen LogP contribution in [0, 0.1) is 13.0 Å². The van der Waals surface area contributed by atoms with E-state index in [0.29, 0.717) is 24.1 Å². The lowest BCUT2D eigenvalue weighted by molar-refractivity contribution is 0.413. The Morgan fingerprint density at radius 2 is 1.89 bits per heavy atom. The number of fused-ring (bicyclic) bond motifs is 2. The fourth-order valence-corrected chi connectivity index (χ4v) is 5.63. The molecule has 7 nitrogen and oxygen atoms in total. The van der Waals surface area contributed by atoms with E-state index in [0.717, 1.165) is 47.9 Å². The van der Waals surface area contributed by atoms with Crippen LogP contribution in [0.25, 0.3) is 21.7 Å². The van der Waals surface area contributed by atoms with Gasteiger partial charge in [0.2, 0.25) is 0 Å². The number of benzene rings is 1. The van der Waals surface area contributed by atoms with Gasteiger partial charge in [0.15, 0.2) is 17.0 Å². The van der Waals surface area contributed by atoms with Crippen LogP contribution in [0.5, 0.6) is 0 Å². The van der Waals surface area contributed by atoms with Crippen molar-refractivity contribution in [2.24, 2.45) is 0 Å². The number of nitrogen functional groups attached to an aromatic ring is 1. The average Bonchev–Trinajstić information content (AvgIpc) is 3.49. The molecule has 1 aliphatic rings. The van der Waals surface area contributed by atoms with Gasteiger partial charge < -0.3 is 15.6 Å². The first-order valence-electron chi connectivity index (χ1n) is 12.2. The summed E-state index contributed by atoms with van der Waals surface area (Å²) in [5.41, 5.74) is 13.2. The molecule has 1 aromatic carbocycles. The first-order valence-corrected chi connectivity index (χ1v) is 13.1. The van der Waals surface area contributed by atoms with E-state index in [1.165, 1.54) is 23.1 Å². The molecule has 0 radical (unpaired) electrons. The number of imidazole rings is 1. The van der Waals surface area contributed by atoms with Crippen molar-refractivity contribution in [1.29, 1.82) is 0 Å². The number of thiazole rings is 1. The van der Waals surface area contributed by atoms with Crippen LogP contribution in [-0.4, -0.2) is 36.6 Å². The van der Waals surface area contributed by atoms with E-state index in [4.69, 9.17) is 15.7 Å². The zero-order valence-electron chi connectivity index (χ0n) is 20.8. The van der Waals surface area contributed by atoms with E-state index < -0.39 is 6.08 Å². The molecular formula is C26H32FN7S. The summed E-state index contributed by atoms with van der Waals surface area (Å²) in [7, 11) is 0. The van der Waals surface area contributed by atoms with E-state index in [2.05, 4.69) is 53.6 Å². The fourth-order valence-electron chi connectivity index (χ4n) is 4.78. The van der Waals surface area contributed by atoms with Crippen LogP contribution in [0.2, 0.25) is 0 Å². The lowest BCUT2D eigenvalue weighted by Crippen LogP contribution is -2.36. The molecule has 0 aliphatic heterocycles. The van der Waals surface area contributed by atoms with Crippen LogP contribution in [0.1, 0.15) is 61.8 Å². The molecule has 5 rings (SSSR count). The van der Waals surface area contributed by atoms with E-state index in [1.807, 2.05) is 11.5 Å². The van der Waals surface area contributed by atoms with Crippen molar-refractivity contribution in [2.45, 2.75) is 71.9 Å². The Bertz CT molecular complexity index is 1380. The van der Waals surface area contributed by atoms with Gasteiger partial charge in [0.25, 0.3) is 0 Å². The van der Waals surface area contributed by atoms with Crippen molar-refractivity contribution >= 4 is 28.3 Å². The number of halogens is 1. The Balaban J connectivity index is 1.55. The standard InChI is InChI=1S/C26H32FN7S/c1-15-14-35-24(30-15)19-12-17-8-5-7-16(17)11-18(19)13-20-31-21-22(28)32-25(27)33-23(21)34(20)10-6-9-29-26(2,3)4/h11-12,14,29H,5-10,13H2,1-4H3,(H2,28,32,33). The van der Waals surface area contributed by atoms with E-state index in [9.17, 15) is 4.39 Å². The zero-order valence-corrected chi connectivity index (χ0v) is 21.6. The molecule has 0 bridgehead atoms. The van der Waals surface area contributed by atoms with Crippen molar-refractivity contribution in [3.63, 3.8) is 0 Å². The molecule has 3 heterocycles. The zero-order chi connectivity index (χ0) is 24.7. The summed E-state index contributed by atoms with van der Waals surface area (Å²) in [5.74, 6) is 0.889. The normalized spacial score (nSPS) is 13.6. The number of aryl methyl sites for hydroxylation is 4. The number of anilines is 1. The van der Waals surface area contributed by atoms with Crippen LogP contribution >= 0.6 is 11.3 Å². The summed E-state index contributed by atoms with van der Waals surface area (Å²) in [5, 5.41) is 6.62. The minimum absolute atomic E-state index is 0.0314.